The number of amides is 1. The number of hydrogen-bond acceptors (Lipinski definition) is 3. The van der Waals surface area contributed by atoms with Crippen molar-refractivity contribution in [2.75, 3.05) is 0 Å². The van der Waals surface area contributed by atoms with Gasteiger partial charge in [0.2, 0.25) is 0 Å². The van der Waals surface area contributed by atoms with E-state index in [0.29, 0.717) is 23.0 Å². The molecule has 7 heteroatoms. The monoisotopic (exact) mass is 327 g/mol. The number of hydrogen-bond donors (Lipinski definition) is 2. The summed E-state index contributed by atoms with van der Waals surface area (Å²) >= 11 is 12.2. The minimum absolute atomic E-state index is 0.0272. The third kappa shape index (κ3) is 2.87. The Morgan fingerprint density at radius 3 is 3.00 bits per heavy atom. The van der Waals surface area contributed by atoms with Gasteiger partial charge in [-0.1, -0.05) is 23.2 Å². The van der Waals surface area contributed by atoms with Gasteiger partial charge in [0, 0.05) is 23.2 Å². The predicted octanol–water partition coefficient (Wildman–Crippen LogP) is 2.49. The number of carbonyl (C=O) groups excluding carboxylic acids is 1. The molecule has 2 unspecified atom stereocenters. The highest BCUT2D eigenvalue weighted by Gasteiger charge is 2.30. The zero-order chi connectivity index (χ0) is 15.0. The normalized spacial score (nSPS) is 21.9. The topological polar surface area (TPSA) is 69.3 Å². The molecule has 1 saturated heterocycles. The minimum Gasteiger partial charge on any atom is -0.363 e. The lowest BCUT2D eigenvalue weighted by Crippen LogP contribution is -2.39. The quantitative estimate of drug-likeness (QED) is 0.517. The molecule has 2 atom stereocenters. The molecule has 1 fully saturated rings. The predicted molar refractivity (Wildman–Crippen MR) is 82.2 cm³/mol. The second kappa shape index (κ2) is 5.85. The zero-order valence-electron chi connectivity index (χ0n) is 11.2. The Labute approximate surface area is 131 Å². The first-order valence-corrected chi connectivity index (χ1v) is 7.44. The smallest absolute Gasteiger partial charge is 0.263 e. The molecule has 2 aromatic rings. The molecule has 21 heavy (non-hydrogen) atoms. The SMILES string of the molecule is NNC(=O)C1CCC(Cn2ccc3c(Cl)cc(Cl)cc32)O1. The molecule has 1 aliphatic heterocycles. The Bertz CT molecular complexity index is 686. The third-order valence-corrected chi connectivity index (χ3v) is 4.28. The van der Waals surface area contributed by atoms with Crippen LogP contribution < -0.4 is 11.3 Å². The molecule has 3 N–H and O–H groups in total. The summed E-state index contributed by atoms with van der Waals surface area (Å²) in [5.41, 5.74) is 3.09. The molecular formula is C14H15Cl2N3O2. The average molecular weight is 328 g/mol. The van der Waals surface area contributed by atoms with E-state index in [1.54, 1.807) is 6.07 Å². The molecule has 0 radical (unpaired) electrons. The maximum atomic E-state index is 11.5. The largest absolute Gasteiger partial charge is 0.363 e. The summed E-state index contributed by atoms with van der Waals surface area (Å²) in [5.74, 6) is 4.85. The fourth-order valence-corrected chi connectivity index (χ4v) is 3.27. The number of carbonyl (C=O) groups is 1. The second-order valence-corrected chi connectivity index (χ2v) is 5.96. The van der Waals surface area contributed by atoms with Gasteiger partial charge in [-0.2, -0.15) is 0 Å². The average Bonchev–Trinajstić information content (AvgIpc) is 3.06. The summed E-state index contributed by atoms with van der Waals surface area (Å²) in [6, 6.07) is 5.55. The number of hydrazine groups is 1. The fourth-order valence-electron chi connectivity index (χ4n) is 2.72. The molecule has 5 nitrogen and oxygen atoms in total. The van der Waals surface area contributed by atoms with Crippen molar-refractivity contribution in [3.8, 4) is 0 Å². The number of nitrogens with one attached hydrogen (secondary N) is 1. The molecule has 0 bridgehead atoms. The van der Waals surface area contributed by atoms with Gasteiger partial charge in [-0.25, -0.2) is 5.84 Å². The van der Waals surface area contributed by atoms with Crippen LogP contribution in [-0.4, -0.2) is 22.7 Å². The summed E-state index contributed by atoms with van der Waals surface area (Å²) in [7, 11) is 0. The zero-order valence-corrected chi connectivity index (χ0v) is 12.7. The molecule has 1 aromatic carbocycles. The van der Waals surface area contributed by atoms with Gasteiger partial charge in [-0.3, -0.25) is 10.2 Å². The Morgan fingerprint density at radius 1 is 1.43 bits per heavy atom. The van der Waals surface area contributed by atoms with Gasteiger partial charge in [-0.15, -0.1) is 0 Å². The summed E-state index contributed by atoms with van der Waals surface area (Å²) in [6.07, 6.45) is 2.95. The van der Waals surface area contributed by atoms with Crippen LogP contribution in [0.4, 0.5) is 0 Å². The van der Waals surface area contributed by atoms with E-state index in [2.05, 4.69) is 5.43 Å². The van der Waals surface area contributed by atoms with Crippen molar-refractivity contribution in [1.82, 2.24) is 9.99 Å². The third-order valence-electron chi connectivity index (χ3n) is 3.75. The number of aromatic nitrogens is 1. The van der Waals surface area contributed by atoms with Gasteiger partial charge in [-0.05, 0) is 31.0 Å². The molecule has 112 valence electrons. The lowest BCUT2D eigenvalue weighted by Gasteiger charge is -2.14. The van der Waals surface area contributed by atoms with Crippen molar-refractivity contribution in [2.45, 2.75) is 31.6 Å². The molecule has 0 aliphatic carbocycles. The molecule has 2 heterocycles. The van der Waals surface area contributed by atoms with Gasteiger partial charge in [0.25, 0.3) is 5.91 Å². The van der Waals surface area contributed by atoms with Gasteiger partial charge in [0.05, 0.1) is 16.6 Å². The molecular weight excluding hydrogens is 313 g/mol. The van der Waals surface area contributed by atoms with Crippen molar-refractivity contribution in [2.24, 2.45) is 5.84 Å². The van der Waals surface area contributed by atoms with Gasteiger partial charge in [0.1, 0.15) is 6.10 Å². The maximum absolute atomic E-state index is 11.5. The fraction of sp³-hybridized carbons (Fsp3) is 0.357. The standard InChI is InChI=1S/C14H15Cl2N3O2/c15-8-5-11(16)10-3-4-19(12(10)6-8)7-9-1-2-13(21-9)14(20)18-17/h3-6,9,13H,1-2,7,17H2,(H,18,20). The van der Waals surface area contributed by atoms with Crippen molar-refractivity contribution in [3.05, 3.63) is 34.4 Å². The summed E-state index contributed by atoms with van der Waals surface area (Å²) in [4.78, 5) is 11.5. The molecule has 1 amide bonds. The number of rotatable bonds is 3. The van der Waals surface area contributed by atoms with E-state index in [0.717, 1.165) is 17.3 Å². The first-order chi connectivity index (χ1) is 10.1. The summed E-state index contributed by atoms with van der Waals surface area (Å²) in [6.45, 7) is 0.647. The molecule has 0 saturated carbocycles. The van der Waals surface area contributed by atoms with E-state index in [1.165, 1.54) is 0 Å². The molecule has 1 aliphatic rings. The van der Waals surface area contributed by atoms with Crippen LogP contribution in [0.25, 0.3) is 10.9 Å². The second-order valence-electron chi connectivity index (χ2n) is 5.12. The lowest BCUT2D eigenvalue weighted by atomic mass is 10.2. The number of nitrogens with zero attached hydrogens (tertiary/aromatic N) is 1. The van der Waals surface area contributed by atoms with Crippen molar-refractivity contribution >= 4 is 40.0 Å². The molecule has 1 aromatic heterocycles. The van der Waals surface area contributed by atoms with E-state index in [4.69, 9.17) is 33.8 Å². The Balaban J connectivity index is 1.79. The van der Waals surface area contributed by atoms with Crippen LogP contribution in [0, 0.1) is 0 Å². The van der Waals surface area contributed by atoms with E-state index in [-0.39, 0.29) is 12.0 Å². The van der Waals surface area contributed by atoms with Crippen LogP contribution in [0.2, 0.25) is 10.0 Å². The van der Waals surface area contributed by atoms with Crippen molar-refractivity contribution in [3.63, 3.8) is 0 Å². The van der Waals surface area contributed by atoms with Crippen molar-refractivity contribution < 1.29 is 9.53 Å². The van der Waals surface area contributed by atoms with Gasteiger partial charge in [0.15, 0.2) is 0 Å². The van der Waals surface area contributed by atoms with E-state index < -0.39 is 6.10 Å². The first-order valence-electron chi connectivity index (χ1n) is 6.68. The maximum Gasteiger partial charge on any atom is 0.263 e. The summed E-state index contributed by atoms with van der Waals surface area (Å²) < 4.78 is 7.76. The molecule has 0 spiro atoms. The number of fused-ring (bicyclic) bond motifs is 1. The van der Waals surface area contributed by atoms with Crippen LogP contribution in [0.5, 0.6) is 0 Å². The lowest BCUT2D eigenvalue weighted by molar-refractivity contribution is -0.132. The van der Waals surface area contributed by atoms with Gasteiger partial charge >= 0.3 is 0 Å². The minimum atomic E-state index is -0.464. The number of nitrogens with two attached hydrogens (primary N) is 1. The van der Waals surface area contributed by atoms with Crippen LogP contribution in [0.15, 0.2) is 24.4 Å². The van der Waals surface area contributed by atoms with E-state index in [1.807, 2.05) is 22.9 Å². The van der Waals surface area contributed by atoms with Crippen LogP contribution in [0.1, 0.15) is 12.8 Å². The van der Waals surface area contributed by atoms with Crippen LogP contribution in [0.3, 0.4) is 0 Å². The highest BCUT2D eigenvalue weighted by Crippen LogP contribution is 2.30. The van der Waals surface area contributed by atoms with E-state index in [9.17, 15) is 4.79 Å². The van der Waals surface area contributed by atoms with Crippen molar-refractivity contribution in [1.29, 1.82) is 0 Å². The summed E-state index contributed by atoms with van der Waals surface area (Å²) in [5, 5.41) is 2.18. The Hall–Kier alpha value is -1.27. The highest BCUT2D eigenvalue weighted by molar-refractivity contribution is 6.38. The number of benzene rings is 1. The number of ether oxygens (including phenoxy) is 1. The van der Waals surface area contributed by atoms with Crippen LogP contribution >= 0.6 is 23.2 Å². The Morgan fingerprint density at radius 2 is 2.24 bits per heavy atom. The molecule has 3 rings (SSSR count). The Kier molecular flexibility index (Phi) is 4.08. The van der Waals surface area contributed by atoms with Gasteiger partial charge < -0.3 is 9.30 Å². The number of halogens is 2. The highest BCUT2D eigenvalue weighted by atomic mass is 35.5. The first kappa shape index (κ1) is 14.7. The van der Waals surface area contributed by atoms with Crippen LogP contribution in [-0.2, 0) is 16.1 Å². The van der Waals surface area contributed by atoms with E-state index >= 15 is 0 Å².